The number of nitrogens with zero attached hydrogens (tertiary/aromatic N) is 2. The number of aromatic nitrogens is 1. The molecule has 1 amide bonds. The maximum Gasteiger partial charge on any atom is 0.255 e. The molecule has 0 aliphatic carbocycles. The van der Waals surface area contributed by atoms with Crippen molar-refractivity contribution in [1.29, 1.82) is 0 Å². The van der Waals surface area contributed by atoms with Crippen molar-refractivity contribution in [3.05, 3.63) is 48.0 Å². The van der Waals surface area contributed by atoms with E-state index in [-0.39, 0.29) is 18.7 Å². The summed E-state index contributed by atoms with van der Waals surface area (Å²) in [5.74, 6) is 0.742. The van der Waals surface area contributed by atoms with Crippen molar-refractivity contribution in [2.24, 2.45) is 0 Å². The highest BCUT2D eigenvalue weighted by molar-refractivity contribution is 6.07. The zero-order valence-electron chi connectivity index (χ0n) is 18.9. The Morgan fingerprint density at radius 1 is 1.00 bits per heavy atom. The smallest absolute Gasteiger partial charge is 0.255 e. The first-order valence-electron chi connectivity index (χ1n) is 10.2. The molecular weight excluding hydrogens is 434 g/mol. The fourth-order valence-electron chi connectivity index (χ4n) is 3.54. The molecule has 7 nitrogen and oxygen atoms in total. The van der Waals surface area contributed by atoms with Crippen LogP contribution < -0.4 is 14.2 Å². The predicted octanol–water partition coefficient (Wildman–Crippen LogP) is 4.28. The molecule has 0 aliphatic rings. The Morgan fingerprint density at radius 2 is 1.67 bits per heavy atom. The quantitative estimate of drug-likeness (QED) is 0.450. The van der Waals surface area contributed by atoms with Gasteiger partial charge < -0.3 is 23.8 Å². The van der Waals surface area contributed by atoms with Crippen molar-refractivity contribution < 1.29 is 32.5 Å². The number of carbonyl (C=O) groups excluding carboxylic acids is 1. The van der Waals surface area contributed by atoms with E-state index >= 15 is 0 Å². The number of halogens is 2. The van der Waals surface area contributed by atoms with Gasteiger partial charge in [-0.1, -0.05) is 18.2 Å². The first-order chi connectivity index (χ1) is 15.9. The van der Waals surface area contributed by atoms with Gasteiger partial charge in [-0.2, -0.15) is 0 Å². The van der Waals surface area contributed by atoms with Crippen LogP contribution in [-0.2, 0) is 4.74 Å². The van der Waals surface area contributed by atoms with Crippen LogP contribution in [0.4, 0.5) is 8.78 Å². The van der Waals surface area contributed by atoms with Gasteiger partial charge >= 0.3 is 0 Å². The van der Waals surface area contributed by atoms with Crippen molar-refractivity contribution in [3.8, 4) is 28.5 Å². The Labute approximate surface area is 190 Å². The molecule has 0 fully saturated rings. The summed E-state index contributed by atoms with van der Waals surface area (Å²) >= 11 is 0. The lowest BCUT2D eigenvalue weighted by atomic mass is 10.0. The Kier molecular flexibility index (Phi) is 8.00. The van der Waals surface area contributed by atoms with Gasteiger partial charge in [-0.05, 0) is 24.3 Å². The summed E-state index contributed by atoms with van der Waals surface area (Å²) in [6, 6.07) is 12.1. The highest BCUT2D eigenvalue weighted by atomic mass is 19.3. The highest BCUT2D eigenvalue weighted by Crippen LogP contribution is 2.41. The molecule has 0 saturated carbocycles. The Balaban J connectivity index is 2.18. The Morgan fingerprint density at radius 3 is 2.24 bits per heavy atom. The van der Waals surface area contributed by atoms with Gasteiger partial charge in [0.25, 0.3) is 12.3 Å². The van der Waals surface area contributed by atoms with Crippen LogP contribution in [0, 0.1) is 0 Å². The van der Waals surface area contributed by atoms with Crippen LogP contribution in [-0.4, -0.2) is 70.4 Å². The van der Waals surface area contributed by atoms with Crippen molar-refractivity contribution in [2.75, 3.05) is 48.1 Å². The number of methoxy groups -OCH3 is 4. The minimum absolute atomic E-state index is 0.0375. The lowest BCUT2D eigenvalue weighted by molar-refractivity contribution is 0.0479. The largest absolute Gasteiger partial charge is 0.493 e. The second-order valence-corrected chi connectivity index (χ2v) is 7.12. The van der Waals surface area contributed by atoms with Gasteiger partial charge in [-0.15, -0.1) is 0 Å². The van der Waals surface area contributed by atoms with Crippen molar-refractivity contribution in [3.63, 3.8) is 0 Å². The molecule has 176 valence electrons. The molecular formula is C24H26F2N2O5. The number of alkyl halides is 2. The number of benzene rings is 2. The van der Waals surface area contributed by atoms with Crippen LogP contribution in [0.1, 0.15) is 10.4 Å². The lowest BCUT2D eigenvalue weighted by Crippen LogP contribution is -2.37. The molecule has 9 heteroatoms. The summed E-state index contributed by atoms with van der Waals surface area (Å²) in [5.41, 5.74) is 1.89. The second-order valence-electron chi connectivity index (χ2n) is 7.12. The van der Waals surface area contributed by atoms with Crippen molar-refractivity contribution >= 4 is 16.8 Å². The van der Waals surface area contributed by atoms with E-state index in [4.69, 9.17) is 18.9 Å². The van der Waals surface area contributed by atoms with Gasteiger partial charge in [0.2, 0.25) is 5.75 Å². The number of rotatable bonds is 10. The summed E-state index contributed by atoms with van der Waals surface area (Å²) in [6.45, 7) is -0.518. The third-order valence-corrected chi connectivity index (χ3v) is 5.12. The molecule has 3 rings (SSSR count). The summed E-state index contributed by atoms with van der Waals surface area (Å²) in [5, 5.41) is 0.565. The molecule has 0 N–H and O–H groups in total. The average Bonchev–Trinajstić information content (AvgIpc) is 2.84. The van der Waals surface area contributed by atoms with Crippen molar-refractivity contribution in [1.82, 2.24) is 9.88 Å². The van der Waals surface area contributed by atoms with E-state index in [1.54, 1.807) is 42.5 Å². The maximum absolute atomic E-state index is 13.4. The molecule has 0 unspecified atom stereocenters. The zero-order chi connectivity index (χ0) is 24.0. The van der Waals surface area contributed by atoms with E-state index in [0.29, 0.717) is 39.4 Å². The van der Waals surface area contributed by atoms with Gasteiger partial charge in [-0.3, -0.25) is 4.79 Å². The van der Waals surface area contributed by atoms with E-state index in [9.17, 15) is 13.6 Å². The fourth-order valence-corrected chi connectivity index (χ4v) is 3.54. The SMILES string of the molecule is COCCN(CC(F)F)C(=O)c1cc(-c2cc(OC)c(OC)c(OC)c2)nc2ccccc12. The lowest BCUT2D eigenvalue weighted by Gasteiger charge is -2.23. The molecule has 3 aromatic rings. The van der Waals surface area contributed by atoms with Crippen LogP contribution in [0.5, 0.6) is 17.2 Å². The molecule has 2 aromatic carbocycles. The number of para-hydroxylation sites is 1. The normalized spacial score (nSPS) is 11.0. The van der Waals surface area contributed by atoms with E-state index < -0.39 is 18.9 Å². The van der Waals surface area contributed by atoms with Crippen LogP contribution in [0.25, 0.3) is 22.2 Å². The average molecular weight is 460 g/mol. The summed E-state index contributed by atoms with van der Waals surface area (Å²) in [4.78, 5) is 19.1. The number of pyridine rings is 1. The molecule has 0 bridgehead atoms. The van der Waals surface area contributed by atoms with Gasteiger partial charge in [-0.25, -0.2) is 13.8 Å². The van der Waals surface area contributed by atoms with E-state index in [0.717, 1.165) is 4.90 Å². The number of hydrogen-bond donors (Lipinski definition) is 0. The van der Waals surface area contributed by atoms with Crippen molar-refractivity contribution in [2.45, 2.75) is 6.43 Å². The number of ether oxygens (including phenoxy) is 4. The first-order valence-corrected chi connectivity index (χ1v) is 10.2. The molecule has 33 heavy (non-hydrogen) atoms. The maximum atomic E-state index is 13.4. The molecule has 1 heterocycles. The summed E-state index contributed by atoms with van der Waals surface area (Å²) < 4.78 is 47.6. The second kappa shape index (κ2) is 10.9. The standard InChI is InChI=1S/C24H26F2N2O5/c1-30-10-9-28(14-22(25)26)24(29)17-13-19(27-18-8-6-5-7-16(17)18)15-11-20(31-2)23(33-4)21(12-15)32-3/h5-8,11-13,22H,9-10,14H2,1-4H3. The Bertz CT molecular complexity index is 1100. The Hall–Kier alpha value is -3.46. The van der Waals surface area contributed by atoms with Crippen LogP contribution in [0.3, 0.4) is 0 Å². The van der Waals surface area contributed by atoms with E-state index in [1.807, 2.05) is 0 Å². The number of carbonyl (C=O) groups is 1. The van der Waals surface area contributed by atoms with Gasteiger partial charge in [0, 0.05) is 24.6 Å². The minimum Gasteiger partial charge on any atom is -0.493 e. The predicted molar refractivity (Wildman–Crippen MR) is 121 cm³/mol. The molecule has 1 aromatic heterocycles. The number of fused-ring (bicyclic) bond motifs is 1. The minimum atomic E-state index is -2.67. The first kappa shape index (κ1) is 24.2. The summed E-state index contributed by atoms with van der Waals surface area (Å²) in [6.07, 6.45) is -2.67. The topological polar surface area (TPSA) is 70.1 Å². The monoisotopic (exact) mass is 460 g/mol. The summed E-state index contributed by atoms with van der Waals surface area (Å²) in [7, 11) is 5.96. The van der Waals surface area contributed by atoms with Crippen LogP contribution in [0.15, 0.2) is 42.5 Å². The fraction of sp³-hybridized carbons (Fsp3) is 0.333. The zero-order valence-corrected chi connectivity index (χ0v) is 18.9. The van der Waals surface area contributed by atoms with E-state index in [2.05, 4.69) is 4.98 Å². The van der Waals surface area contributed by atoms with Crippen LogP contribution >= 0.6 is 0 Å². The molecule has 0 aliphatic heterocycles. The molecule has 0 saturated heterocycles. The molecule has 0 spiro atoms. The third-order valence-electron chi connectivity index (χ3n) is 5.12. The molecule has 0 radical (unpaired) electrons. The van der Waals surface area contributed by atoms with E-state index in [1.165, 1.54) is 28.4 Å². The van der Waals surface area contributed by atoms with Gasteiger partial charge in [0.15, 0.2) is 11.5 Å². The van der Waals surface area contributed by atoms with Gasteiger partial charge in [0.05, 0.1) is 51.3 Å². The van der Waals surface area contributed by atoms with Crippen LogP contribution in [0.2, 0.25) is 0 Å². The molecule has 0 atom stereocenters. The van der Waals surface area contributed by atoms with Gasteiger partial charge in [0.1, 0.15) is 0 Å². The highest BCUT2D eigenvalue weighted by Gasteiger charge is 2.23. The number of amides is 1. The third kappa shape index (κ3) is 5.31. The number of hydrogen-bond acceptors (Lipinski definition) is 6.